The van der Waals surface area contributed by atoms with Crippen molar-refractivity contribution in [2.45, 2.75) is 17.9 Å². The first-order valence-electron chi connectivity index (χ1n) is 7.98. The SMILES string of the molecule is COc1cc2c(cc1I)C1c3cc(OC)c(OC)cc3CC1(O)CO2. The standard InChI is InChI=1S/C19H19IO5/c1-22-15-7-14-12(5-13(15)20)18-11-6-17(24-3)16(23-2)4-10(11)8-19(18,21)9-25-14/h4-7,18,21H,8-9H2,1-3H3. The summed E-state index contributed by atoms with van der Waals surface area (Å²) in [5, 5.41) is 11.3. The van der Waals surface area contributed by atoms with E-state index in [0.717, 1.165) is 31.8 Å². The van der Waals surface area contributed by atoms with Crippen LogP contribution in [0.25, 0.3) is 0 Å². The van der Waals surface area contributed by atoms with E-state index in [1.807, 2.05) is 24.3 Å². The molecule has 2 aromatic rings. The molecule has 0 saturated carbocycles. The van der Waals surface area contributed by atoms with Gasteiger partial charge in [0.05, 0.1) is 24.9 Å². The van der Waals surface area contributed by atoms with Gasteiger partial charge in [-0.15, -0.1) is 0 Å². The molecule has 0 saturated heterocycles. The predicted octanol–water partition coefficient (Wildman–Crippen LogP) is 3.13. The quantitative estimate of drug-likeness (QED) is 0.723. The second-order valence-electron chi connectivity index (χ2n) is 6.43. The normalized spacial score (nSPS) is 23.2. The Bertz CT molecular complexity index is 850. The Morgan fingerprint density at radius 2 is 1.68 bits per heavy atom. The van der Waals surface area contributed by atoms with Gasteiger partial charge in [-0.1, -0.05) is 0 Å². The van der Waals surface area contributed by atoms with E-state index < -0.39 is 5.60 Å². The van der Waals surface area contributed by atoms with Crippen LogP contribution in [0.2, 0.25) is 0 Å². The largest absolute Gasteiger partial charge is 0.496 e. The number of aliphatic hydroxyl groups is 1. The van der Waals surface area contributed by atoms with Crippen LogP contribution in [-0.4, -0.2) is 38.6 Å². The van der Waals surface area contributed by atoms with E-state index in [9.17, 15) is 5.11 Å². The van der Waals surface area contributed by atoms with Crippen molar-refractivity contribution in [1.82, 2.24) is 0 Å². The van der Waals surface area contributed by atoms with Crippen LogP contribution in [0, 0.1) is 3.57 Å². The first kappa shape index (κ1) is 16.8. The molecule has 2 atom stereocenters. The Labute approximate surface area is 160 Å². The Balaban J connectivity index is 1.91. The molecule has 2 aliphatic rings. The number of rotatable bonds is 3. The lowest BCUT2D eigenvalue weighted by Crippen LogP contribution is -2.43. The lowest BCUT2D eigenvalue weighted by Gasteiger charge is -2.36. The molecule has 0 aromatic heterocycles. The molecule has 1 N–H and O–H groups in total. The van der Waals surface area contributed by atoms with Gasteiger partial charge in [-0.3, -0.25) is 0 Å². The molecule has 0 spiro atoms. The molecule has 132 valence electrons. The molecule has 6 heteroatoms. The highest BCUT2D eigenvalue weighted by molar-refractivity contribution is 14.1. The Morgan fingerprint density at radius 3 is 2.36 bits per heavy atom. The molecule has 2 aromatic carbocycles. The Hall–Kier alpha value is -1.67. The zero-order chi connectivity index (χ0) is 17.8. The summed E-state index contributed by atoms with van der Waals surface area (Å²) in [7, 11) is 4.89. The van der Waals surface area contributed by atoms with Crippen LogP contribution in [-0.2, 0) is 6.42 Å². The highest BCUT2D eigenvalue weighted by Crippen LogP contribution is 2.53. The van der Waals surface area contributed by atoms with E-state index in [1.54, 1.807) is 21.3 Å². The molecule has 0 fully saturated rings. The average Bonchev–Trinajstić information content (AvgIpc) is 2.91. The number of benzene rings is 2. The van der Waals surface area contributed by atoms with Crippen molar-refractivity contribution >= 4 is 22.6 Å². The van der Waals surface area contributed by atoms with Gasteiger partial charge < -0.3 is 24.1 Å². The molecule has 1 heterocycles. The summed E-state index contributed by atoms with van der Waals surface area (Å²) < 4.78 is 23.1. The fourth-order valence-corrected chi connectivity index (χ4v) is 4.64. The van der Waals surface area contributed by atoms with Crippen molar-refractivity contribution in [2.24, 2.45) is 0 Å². The minimum atomic E-state index is -0.968. The number of hydrogen-bond donors (Lipinski definition) is 1. The summed E-state index contributed by atoms with van der Waals surface area (Å²) in [4.78, 5) is 0. The third-order valence-corrected chi connectivity index (χ3v) is 5.91. The average molecular weight is 454 g/mol. The first-order valence-corrected chi connectivity index (χ1v) is 9.06. The number of hydrogen-bond acceptors (Lipinski definition) is 5. The molecular formula is C19H19IO5. The van der Waals surface area contributed by atoms with Gasteiger partial charge in [-0.25, -0.2) is 0 Å². The van der Waals surface area contributed by atoms with E-state index >= 15 is 0 Å². The maximum Gasteiger partial charge on any atom is 0.161 e. The van der Waals surface area contributed by atoms with Crippen molar-refractivity contribution in [3.63, 3.8) is 0 Å². The first-order chi connectivity index (χ1) is 12.0. The molecule has 25 heavy (non-hydrogen) atoms. The molecule has 1 aliphatic carbocycles. The lowest BCUT2D eigenvalue weighted by molar-refractivity contribution is -0.0219. The Morgan fingerprint density at radius 1 is 1.00 bits per heavy atom. The van der Waals surface area contributed by atoms with Gasteiger partial charge >= 0.3 is 0 Å². The summed E-state index contributed by atoms with van der Waals surface area (Å²) in [6, 6.07) is 7.87. The summed E-state index contributed by atoms with van der Waals surface area (Å²) in [5.74, 6) is 2.71. The molecule has 4 rings (SSSR count). The molecule has 0 amide bonds. The third kappa shape index (κ3) is 2.45. The second kappa shape index (κ2) is 5.95. The van der Waals surface area contributed by atoms with Crippen LogP contribution in [0.5, 0.6) is 23.0 Å². The van der Waals surface area contributed by atoms with Gasteiger partial charge in [-0.05, 0) is 51.9 Å². The maximum atomic E-state index is 11.3. The van der Waals surface area contributed by atoms with Crippen LogP contribution in [0.1, 0.15) is 22.6 Å². The summed E-state index contributed by atoms with van der Waals surface area (Å²) in [6.45, 7) is 0.244. The van der Waals surface area contributed by atoms with Gasteiger partial charge in [0.15, 0.2) is 11.5 Å². The fraction of sp³-hybridized carbons (Fsp3) is 0.368. The highest BCUT2D eigenvalue weighted by atomic mass is 127. The van der Waals surface area contributed by atoms with E-state index in [-0.39, 0.29) is 12.5 Å². The molecular weight excluding hydrogens is 435 g/mol. The van der Waals surface area contributed by atoms with Gasteiger partial charge in [0.2, 0.25) is 0 Å². The summed E-state index contributed by atoms with van der Waals surface area (Å²) >= 11 is 2.24. The molecule has 0 radical (unpaired) electrons. The monoisotopic (exact) mass is 454 g/mol. The maximum absolute atomic E-state index is 11.3. The molecule has 5 nitrogen and oxygen atoms in total. The fourth-order valence-electron chi connectivity index (χ4n) is 3.93. The predicted molar refractivity (Wildman–Crippen MR) is 101 cm³/mol. The van der Waals surface area contributed by atoms with Crippen molar-refractivity contribution in [2.75, 3.05) is 27.9 Å². The number of fused-ring (bicyclic) bond motifs is 5. The van der Waals surface area contributed by atoms with Crippen molar-refractivity contribution in [1.29, 1.82) is 0 Å². The van der Waals surface area contributed by atoms with Gasteiger partial charge in [-0.2, -0.15) is 0 Å². The smallest absolute Gasteiger partial charge is 0.161 e. The van der Waals surface area contributed by atoms with Crippen molar-refractivity contribution in [3.8, 4) is 23.0 Å². The molecule has 1 aliphatic heterocycles. The van der Waals surface area contributed by atoms with Crippen LogP contribution >= 0.6 is 22.6 Å². The van der Waals surface area contributed by atoms with Crippen LogP contribution in [0.4, 0.5) is 0 Å². The van der Waals surface area contributed by atoms with Gasteiger partial charge in [0.1, 0.15) is 23.7 Å². The van der Waals surface area contributed by atoms with E-state index in [4.69, 9.17) is 18.9 Å². The van der Waals surface area contributed by atoms with Gasteiger partial charge in [0.25, 0.3) is 0 Å². The van der Waals surface area contributed by atoms with E-state index in [0.29, 0.717) is 17.9 Å². The number of halogens is 1. The summed E-state index contributed by atoms with van der Waals surface area (Å²) in [6.07, 6.45) is 0.523. The lowest BCUT2D eigenvalue weighted by atomic mass is 9.80. The minimum Gasteiger partial charge on any atom is -0.496 e. The number of methoxy groups -OCH3 is 3. The molecule has 0 bridgehead atoms. The van der Waals surface area contributed by atoms with Crippen molar-refractivity contribution in [3.05, 3.63) is 44.5 Å². The number of ether oxygens (including phenoxy) is 4. The van der Waals surface area contributed by atoms with E-state index in [1.165, 1.54) is 0 Å². The second-order valence-corrected chi connectivity index (χ2v) is 7.59. The summed E-state index contributed by atoms with van der Waals surface area (Å²) in [5.41, 5.74) is 2.13. The van der Waals surface area contributed by atoms with Crippen LogP contribution < -0.4 is 18.9 Å². The topological polar surface area (TPSA) is 57.2 Å². The highest BCUT2D eigenvalue weighted by Gasteiger charge is 2.50. The third-order valence-electron chi connectivity index (χ3n) is 5.06. The Kier molecular flexibility index (Phi) is 3.99. The van der Waals surface area contributed by atoms with Crippen molar-refractivity contribution < 1.29 is 24.1 Å². The zero-order valence-electron chi connectivity index (χ0n) is 14.3. The molecule has 2 unspecified atom stereocenters. The minimum absolute atomic E-state index is 0.162. The van der Waals surface area contributed by atoms with Gasteiger partial charge in [0, 0.05) is 24.0 Å². The van der Waals surface area contributed by atoms with Crippen LogP contribution in [0.15, 0.2) is 24.3 Å². The van der Waals surface area contributed by atoms with E-state index in [2.05, 4.69) is 22.6 Å². The zero-order valence-corrected chi connectivity index (χ0v) is 16.4. The van der Waals surface area contributed by atoms with Crippen LogP contribution in [0.3, 0.4) is 0 Å².